The number of benzene rings is 1. The van der Waals surface area contributed by atoms with Crippen LogP contribution in [0.3, 0.4) is 0 Å². The summed E-state index contributed by atoms with van der Waals surface area (Å²) in [6, 6.07) is 4.74. The SMILES string of the molecule is CC(=O)N/N=C1/C(=N)O[C@@H](c2ccc(Cl)cc2Cl)/C1=N/NC(C)=O. The number of nitrogens with zero attached hydrogens (tertiary/aromatic N) is 2. The van der Waals surface area contributed by atoms with Gasteiger partial charge in [-0.3, -0.25) is 15.0 Å². The number of rotatable bonds is 3. The minimum atomic E-state index is -0.873. The van der Waals surface area contributed by atoms with Gasteiger partial charge in [0, 0.05) is 29.5 Å². The summed E-state index contributed by atoms with van der Waals surface area (Å²) in [6.07, 6.45) is -0.873. The lowest BCUT2D eigenvalue weighted by Gasteiger charge is -2.12. The summed E-state index contributed by atoms with van der Waals surface area (Å²) in [7, 11) is 0. The molecule has 0 aliphatic carbocycles. The summed E-state index contributed by atoms with van der Waals surface area (Å²) in [5.41, 5.74) is 5.08. The van der Waals surface area contributed by atoms with Crippen LogP contribution in [-0.4, -0.2) is 29.1 Å². The number of hydrogen-bond donors (Lipinski definition) is 3. The summed E-state index contributed by atoms with van der Waals surface area (Å²) < 4.78 is 5.45. The Morgan fingerprint density at radius 2 is 1.79 bits per heavy atom. The zero-order valence-corrected chi connectivity index (χ0v) is 14.2. The molecule has 2 rings (SSSR count). The van der Waals surface area contributed by atoms with Gasteiger partial charge in [-0.2, -0.15) is 10.2 Å². The van der Waals surface area contributed by atoms with Crippen molar-refractivity contribution in [2.24, 2.45) is 10.2 Å². The molecule has 1 aromatic rings. The van der Waals surface area contributed by atoms with Gasteiger partial charge in [0.05, 0.1) is 0 Å². The first kappa shape index (κ1) is 17.9. The second-order valence-corrected chi connectivity index (χ2v) is 5.63. The molecule has 1 saturated heterocycles. The van der Waals surface area contributed by atoms with Crippen LogP contribution in [0.25, 0.3) is 0 Å². The first-order valence-electron chi connectivity index (χ1n) is 6.69. The highest BCUT2D eigenvalue weighted by atomic mass is 35.5. The van der Waals surface area contributed by atoms with Crippen LogP contribution in [0.1, 0.15) is 25.5 Å². The molecule has 8 nitrogen and oxygen atoms in total. The Hall–Kier alpha value is -2.45. The predicted molar refractivity (Wildman–Crippen MR) is 90.5 cm³/mol. The van der Waals surface area contributed by atoms with E-state index in [2.05, 4.69) is 21.1 Å². The van der Waals surface area contributed by atoms with E-state index < -0.39 is 17.9 Å². The minimum absolute atomic E-state index is 0.0185. The van der Waals surface area contributed by atoms with Crippen molar-refractivity contribution in [3.05, 3.63) is 33.8 Å². The fourth-order valence-corrected chi connectivity index (χ4v) is 2.40. The average molecular weight is 370 g/mol. The van der Waals surface area contributed by atoms with Crippen LogP contribution < -0.4 is 10.9 Å². The molecular weight excluding hydrogens is 357 g/mol. The minimum Gasteiger partial charge on any atom is -0.461 e. The molecule has 10 heteroatoms. The lowest BCUT2D eigenvalue weighted by molar-refractivity contribution is -0.119. The Bertz CT molecular complexity index is 776. The zero-order valence-electron chi connectivity index (χ0n) is 12.7. The van der Waals surface area contributed by atoms with E-state index >= 15 is 0 Å². The van der Waals surface area contributed by atoms with E-state index in [0.717, 1.165) is 0 Å². The highest BCUT2D eigenvalue weighted by molar-refractivity contribution is 6.69. The summed E-state index contributed by atoms with van der Waals surface area (Å²) in [6.45, 7) is 2.54. The second-order valence-electron chi connectivity index (χ2n) is 4.79. The van der Waals surface area contributed by atoms with Crippen LogP contribution >= 0.6 is 23.2 Å². The van der Waals surface area contributed by atoms with Gasteiger partial charge in [-0.15, -0.1) is 0 Å². The Balaban J connectivity index is 2.48. The number of carbonyl (C=O) groups excluding carboxylic acids is 2. The third-order valence-corrected chi connectivity index (χ3v) is 3.41. The van der Waals surface area contributed by atoms with Crippen molar-refractivity contribution in [1.29, 1.82) is 5.41 Å². The number of hydrogen-bond acceptors (Lipinski definition) is 6. The third-order valence-electron chi connectivity index (χ3n) is 2.85. The van der Waals surface area contributed by atoms with E-state index in [1.54, 1.807) is 12.1 Å². The van der Waals surface area contributed by atoms with Gasteiger partial charge >= 0.3 is 0 Å². The second kappa shape index (κ2) is 7.41. The lowest BCUT2D eigenvalue weighted by atomic mass is 10.0. The molecule has 0 unspecified atom stereocenters. The molecule has 1 aliphatic heterocycles. The molecule has 0 radical (unpaired) electrons. The molecule has 0 bridgehead atoms. The molecule has 1 aromatic carbocycles. The molecular formula is C14H13Cl2N5O3. The monoisotopic (exact) mass is 369 g/mol. The molecule has 24 heavy (non-hydrogen) atoms. The third kappa shape index (κ3) is 4.09. The summed E-state index contributed by atoms with van der Waals surface area (Å²) in [5.74, 6) is -1.16. The highest BCUT2D eigenvalue weighted by Crippen LogP contribution is 2.33. The topological polar surface area (TPSA) is 116 Å². The number of hydrazone groups is 2. The maximum absolute atomic E-state index is 11.1. The Kier molecular flexibility index (Phi) is 5.53. The van der Waals surface area contributed by atoms with Crippen molar-refractivity contribution in [3.8, 4) is 0 Å². The van der Waals surface area contributed by atoms with Crippen LogP contribution in [0.4, 0.5) is 0 Å². The molecule has 1 atom stereocenters. The Labute approximate surface area is 147 Å². The quantitative estimate of drug-likeness (QED) is 0.707. The van der Waals surface area contributed by atoms with E-state index in [1.165, 1.54) is 19.9 Å². The maximum Gasteiger partial charge on any atom is 0.237 e. The summed E-state index contributed by atoms with van der Waals surface area (Å²) in [5, 5.41) is 16.4. The number of halogens is 2. The van der Waals surface area contributed by atoms with Gasteiger partial charge in [0.25, 0.3) is 0 Å². The molecule has 3 N–H and O–H groups in total. The normalized spacial score (nSPS) is 20.2. The van der Waals surface area contributed by atoms with Crippen molar-refractivity contribution >= 4 is 52.3 Å². The fourth-order valence-electron chi connectivity index (χ4n) is 1.89. The fraction of sp³-hybridized carbons (Fsp3) is 0.214. The van der Waals surface area contributed by atoms with Crippen LogP contribution in [0.5, 0.6) is 0 Å². The Morgan fingerprint density at radius 3 is 2.38 bits per heavy atom. The maximum atomic E-state index is 11.1. The van der Waals surface area contributed by atoms with E-state index in [4.69, 9.17) is 33.3 Å². The van der Waals surface area contributed by atoms with E-state index in [0.29, 0.717) is 15.6 Å². The van der Waals surface area contributed by atoms with Gasteiger partial charge in [-0.1, -0.05) is 29.3 Å². The van der Waals surface area contributed by atoms with E-state index in [9.17, 15) is 9.59 Å². The van der Waals surface area contributed by atoms with Gasteiger partial charge in [-0.05, 0) is 12.1 Å². The average Bonchev–Trinajstić information content (AvgIpc) is 2.78. The predicted octanol–water partition coefficient (Wildman–Crippen LogP) is 2.03. The highest BCUT2D eigenvalue weighted by Gasteiger charge is 2.38. The molecule has 2 amide bonds. The van der Waals surface area contributed by atoms with Crippen molar-refractivity contribution < 1.29 is 14.3 Å². The molecule has 1 fully saturated rings. The first-order chi connectivity index (χ1) is 11.3. The molecule has 0 saturated carbocycles. The van der Waals surface area contributed by atoms with Crippen molar-refractivity contribution in [2.75, 3.05) is 0 Å². The number of amides is 2. The van der Waals surface area contributed by atoms with E-state index in [-0.39, 0.29) is 17.3 Å². The number of carbonyl (C=O) groups is 2. The molecule has 1 aliphatic rings. The lowest BCUT2D eigenvalue weighted by Crippen LogP contribution is -2.26. The Morgan fingerprint density at radius 1 is 1.17 bits per heavy atom. The zero-order chi connectivity index (χ0) is 17.9. The van der Waals surface area contributed by atoms with Crippen LogP contribution in [0.2, 0.25) is 10.0 Å². The standard InChI is InChI=1S/C14H13Cl2N5O3/c1-6(22)18-20-11-12(21-19-7(2)23)14(17)24-13(11)9-4-3-8(15)5-10(9)16/h3-5,13,17H,1-2H3,(H,18,22)(H,19,23)/b17-14?,20-11+,21-12+/t13-/m0/s1. The molecule has 0 spiro atoms. The van der Waals surface area contributed by atoms with Crippen LogP contribution in [0.15, 0.2) is 28.4 Å². The van der Waals surface area contributed by atoms with Crippen LogP contribution in [0, 0.1) is 5.41 Å². The van der Waals surface area contributed by atoms with Gasteiger partial charge in [0.2, 0.25) is 17.7 Å². The molecule has 0 aromatic heterocycles. The number of nitrogens with one attached hydrogen (secondary N) is 3. The summed E-state index contributed by atoms with van der Waals surface area (Å²) >= 11 is 12.1. The number of ether oxygens (including phenoxy) is 1. The largest absolute Gasteiger partial charge is 0.461 e. The molecule has 126 valence electrons. The van der Waals surface area contributed by atoms with Gasteiger partial charge in [0.1, 0.15) is 5.71 Å². The van der Waals surface area contributed by atoms with Crippen molar-refractivity contribution in [3.63, 3.8) is 0 Å². The smallest absolute Gasteiger partial charge is 0.237 e. The van der Waals surface area contributed by atoms with E-state index in [1.807, 2.05) is 0 Å². The van der Waals surface area contributed by atoms with Gasteiger partial charge < -0.3 is 4.74 Å². The van der Waals surface area contributed by atoms with Gasteiger partial charge in [0.15, 0.2) is 11.8 Å². The van der Waals surface area contributed by atoms with Gasteiger partial charge in [-0.25, -0.2) is 10.9 Å². The van der Waals surface area contributed by atoms with Crippen LogP contribution in [-0.2, 0) is 14.3 Å². The van der Waals surface area contributed by atoms with Crippen molar-refractivity contribution in [2.45, 2.75) is 20.0 Å². The first-order valence-corrected chi connectivity index (χ1v) is 7.44. The van der Waals surface area contributed by atoms with Crippen molar-refractivity contribution in [1.82, 2.24) is 10.9 Å². The molecule has 1 heterocycles. The summed E-state index contributed by atoms with van der Waals surface area (Å²) in [4.78, 5) is 22.2.